The summed E-state index contributed by atoms with van der Waals surface area (Å²) in [7, 11) is 1.32. The summed E-state index contributed by atoms with van der Waals surface area (Å²) < 4.78 is 22.6. The lowest BCUT2D eigenvalue weighted by molar-refractivity contribution is -0.159. The van der Waals surface area contributed by atoms with Gasteiger partial charge in [0.2, 0.25) is 0 Å². The molecule has 2 aromatic rings. The van der Waals surface area contributed by atoms with Gasteiger partial charge in [-0.2, -0.15) is 5.26 Å². The monoisotopic (exact) mass is 448 g/mol. The molecule has 0 amide bonds. The van der Waals surface area contributed by atoms with E-state index < -0.39 is 11.4 Å². The van der Waals surface area contributed by atoms with Crippen LogP contribution >= 0.6 is 23.1 Å². The van der Waals surface area contributed by atoms with Gasteiger partial charge in [0.1, 0.15) is 11.4 Å². The zero-order valence-corrected chi connectivity index (χ0v) is 18.9. The van der Waals surface area contributed by atoms with Gasteiger partial charge < -0.3 is 24.2 Å². The summed E-state index contributed by atoms with van der Waals surface area (Å²) in [5.74, 6) is 0.221. The van der Waals surface area contributed by atoms with E-state index in [2.05, 4.69) is 28.3 Å². The minimum atomic E-state index is -0.550. The van der Waals surface area contributed by atoms with E-state index in [4.69, 9.17) is 24.7 Å². The number of ether oxygens (including phenoxy) is 4. The molecule has 0 aliphatic carbocycles. The first-order valence-corrected chi connectivity index (χ1v) is 11.0. The first kappa shape index (κ1) is 22.4. The zero-order chi connectivity index (χ0) is 21.8. The first-order chi connectivity index (χ1) is 14.3. The third-order valence-corrected chi connectivity index (χ3v) is 6.71. The number of methoxy groups -OCH3 is 1. The number of oxime groups is 1. The Morgan fingerprint density at radius 3 is 2.70 bits per heavy atom. The highest BCUT2D eigenvalue weighted by molar-refractivity contribution is 8.01. The van der Waals surface area contributed by atoms with Crippen LogP contribution in [0.15, 0.2) is 43.9 Å². The molecule has 0 saturated carbocycles. The lowest BCUT2D eigenvalue weighted by Gasteiger charge is -2.24. The van der Waals surface area contributed by atoms with Crippen molar-refractivity contribution in [3.05, 3.63) is 40.8 Å². The molecule has 1 aromatic heterocycles. The molecule has 30 heavy (non-hydrogen) atoms. The van der Waals surface area contributed by atoms with Crippen LogP contribution in [0, 0.1) is 11.5 Å². The maximum absolute atomic E-state index is 9.12. The van der Waals surface area contributed by atoms with Crippen molar-refractivity contribution in [3.63, 3.8) is 0 Å². The number of hydrogen-bond acceptors (Lipinski definition) is 9. The molecule has 0 spiro atoms. The first-order valence-electron chi connectivity index (χ1n) is 9.31. The minimum absolute atomic E-state index is 0.412. The second kappa shape index (κ2) is 9.27. The van der Waals surface area contributed by atoms with Crippen LogP contribution in [0.4, 0.5) is 0 Å². The van der Waals surface area contributed by atoms with Crippen molar-refractivity contribution in [2.24, 2.45) is 5.16 Å². The van der Waals surface area contributed by atoms with Gasteiger partial charge in [-0.15, -0.1) is 11.3 Å². The van der Waals surface area contributed by atoms with E-state index in [0.29, 0.717) is 25.3 Å². The van der Waals surface area contributed by atoms with Gasteiger partial charge in [-0.1, -0.05) is 16.9 Å². The van der Waals surface area contributed by atoms with Crippen molar-refractivity contribution >= 4 is 28.8 Å². The zero-order valence-electron chi connectivity index (χ0n) is 17.3. The van der Waals surface area contributed by atoms with Crippen molar-refractivity contribution in [2.45, 2.75) is 47.7 Å². The lowest BCUT2D eigenvalue weighted by atomic mass is 10.0. The topological polar surface area (TPSA) is 93.3 Å². The molecule has 4 rings (SSSR count). The standard InChI is InChI=1S/C19H21NO4S2.C2H3NO/c1-18(2)23-11-19(3,24-18)12-8-17(25-10-12)26-13-4-5-14-15(20-21)6-7-22-16(14)9-13;1-4-2-3/h4-5,8-10,21H,6-7,11H2,1-3H3;1H3. The van der Waals surface area contributed by atoms with Crippen LogP contribution in [0.2, 0.25) is 0 Å². The van der Waals surface area contributed by atoms with E-state index in [0.717, 1.165) is 21.8 Å². The molecule has 9 heteroatoms. The Hall–Kier alpha value is -2.25. The predicted octanol–water partition coefficient (Wildman–Crippen LogP) is 4.97. The molecular formula is C21H24N2O5S2. The Morgan fingerprint density at radius 1 is 1.30 bits per heavy atom. The van der Waals surface area contributed by atoms with Crippen LogP contribution in [0.1, 0.15) is 38.3 Å². The van der Waals surface area contributed by atoms with Crippen LogP contribution in [-0.2, 0) is 19.8 Å². The molecule has 7 nitrogen and oxygen atoms in total. The Morgan fingerprint density at radius 2 is 2.07 bits per heavy atom. The molecule has 3 heterocycles. The van der Waals surface area contributed by atoms with Gasteiger partial charge in [0.15, 0.2) is 5.79 Å². The average Bonchev–Trinajstić information content (AvgIpc) is 3.32. The second-order valence-electron chi connectivity index (χ2n) is 7.38. The van der Waals surface area contributed by atoms with Crippen molar-refractivity contribution < 1.29 is 24.2 Å². The number of nitriles is 1. The highest BCUT2D eigenvalue weighted by Gasteiger charge is 2.43. The van der Waals surface area contributed by atoms with Crippen LogP contribution in [-0.4, -0.2) is 37.0 Å². The molecular weight excluding hydrogens is 424 g/mol. The van der Waals surface area contributed by atoms with Gasteiger partial charge in [0.05, 0.1) is 30.2 Å². The molecule has 0 bridgehead atoms. The van der Waals surface area contributed by atoms with Crippen LogP contribution in [0.3, 0.4) is 0 Å². The van der Waals surface area contributed by atoms with Crippen molar-refractivity contribution in [2.75, 3.05) is 20.3 Å². The Bertz CT molecular complexity index is 967. The van der Waals surface area contributed by atoms with E-state index >= 15 is 0 Å². The van der Waals surface area contributed by atoms with E-state index in [9.17, 15) is 0 Å². The van der Waals surface area contributed by atoms with Crippen molar-refractivity contribution in [1.29, 1.82) is 5.26 Å². The molecule has 1 saturated heterocycles. The smallest absolute Gasteiger partial charge is 0.286 e. The molecule has 1 unspecified atom stereocenters. The molecule has 1 N–H and O–H groups in total. The van der Waals surface area contributed by atoms with Crippen molar-refractivity contribution in [3.8, 4) is 12.0 Å². The fourth-order valence-corrected chi connectivity index (χ4v) is 5.34. The Balaban J connectivity index is 0.000000589. The van der Waals surface area contributed by atoms with E-state index in [1.807, 2.05) is 32.0 Å². The largest absolute Gasteiger partial charge is 0.492 e. The number of rotatable bonds is 3. The van der Waals surface area contributed by atoms with Gasteiger partial charge in [-0.05, 0) is 56.0 Å². The third-order valence-electron chi connectivity index (χ3n) is 4.64. The Kier molecular flexibility index (Phi) is 6.93. The lowest BCUT2D eigenvalue weighted by Crippen LogP contribution is -2.27. The van der Waals surface area contributed by atoms with Gasteiger partial charge in [-0.3, -0.25) is 0 Å². The summed E-state index contributed by atoms with van der Waals surface area (Å²) in [6, 6.07) is 8.16. The maximum atomic E-state index is 9.12. The summed E-state index contributed by atoms with van der Waals surface area (Å²) in [6.45, 7) is 7.04. The van der Waals surface area contributed by atoms with E-state index in [1.54, 1.807) is 23.1 Å². The second-order valence-corrected chi connectivity index (χ2v) is 9.66. The number of benzene rings is 1. The normalized spacial score (nSPS) is 23.0. The molecule has 2 aliphatic heterocycles. The highest BCUT2D eigenvalue weighted by atomic mass is 32.2. The molecule has 160 valence electrons. The number of nitrogens with zero attached hydrogens (tertiary/aromatic N) is 2. The SMILES string of the molecule is CC1(C)OCC(C)(c2csc(Sc3ccc4c(c3)OCCC4=NO)c2)O1.COC#N. The Labute approximate surface area is 184 Å². The third kappa shape index (κ3) is 5.08. The summed E-state index contributed by atoms with van der Waals surface area (Å²) in [5, 5.41) is 22.0. The van der Waals surface area contributed by atoms with Crippen LogP contribution < -0.4 is 4.74 Å². The maximum Gasteiger partial charge on any atom is 0.286 e. The highest BCUT2D eigenvalue weighted by Crippen LogP contribution is 2.43. The van der Waals surface area contributed by atoms with E-state index in [-0.39, 0.29) is 0 Å². The number of hydrogen-bond donors (Lipinski definition) is 1. The van der Waals surface area contributed by atoms with Crippen LogP contribution in [0.5, 0.6) is 5.75 Å². The molecule has 2 aliphatic rings. The fourth-order valence-electron chi connectivity index (χ4n) is 3.24. The number of fused-ring (bicyclic) bond motifs is 1. The minimum Gasteiger partial charge on any atom is -0.492 e. The number of thiophene rings is 1. The van der Waals surface area contributed by atoms with Gasteiger partial charge in [0.25, 0.3) is 6.26 Å². The van der Waals surface area contributed by atoms with Gasteiger partial charge in [-0.25, -0.2) is 0 Å². The van der Waals surface area contributed by atoms with Crippen molar-refractivity contribution in [1.82, 2.24) is 0 Å². The summed E-state index contributed by atoms with van der Waals surface area (Å²) >= 11 is 3.38. The molecule has 1 atom stereocenters. The molecule has 1 fully saturated rings. The summed E-state index contributed by atoms with van der Waals surface area (Å²) in [5.41, 5.74) is 2.26. The van der Waals surface area contributed by atoms with Gasteiger partial charge in [0, 0.05) is 16.9 Å². The summed E-state index contributed by atoms with van der Waals surface area (Å²) in [6.07, 6.45) is 2.06. The predicted molar refractivity (Wildman–Crippen MR) is 114 cm³/mol. The quantitative estimate of drug-likeness (QED) is 0.402. The fraction of sp³-hybridized carbons (Fsp3) is 0.429. The molecule has 0 radical (unpaired) electrons. The van der Waals surface area contributed by atoms with Crippen LogP contribution in [0.25, 0.3) is 0 Å². The van der Waals surface area contributed by atoms with Gasteiger partial charge >= 0.3 is 0 Å². The average molecular weight is 449 g/mol. The molecule has 1 aromatic carbocycles. The summed E-state index contributed by atoms with van der Waals surface area (Å²) in [4.78, 5) is 1.09. The van der Waals surface area contributed by atoms with E-state index in [1.165, 1.54) is 17.6 Å².